The Hall–Kier alpha value is -2.16. The highest BCUT2D eigenvalue weighted by Gasteiger charge is 2.61. The van der Waals surface area contributed by atoms with Crippen LogP contribution in [0.3, 0.4) is 0 Å². The van der Waals surface area contributed by atoms with Crippen LogP contribution in [0.1, 0.15) is 38.9 Å². The largest absolute Gasteiger partial charge is 0.451 e. The van der Waals surface area contributed by atoms with Crippen molar-refractivity contribution in [2.45, 2.75) is 63.3 Å². The molecule has 0 radical (unpaired) electrons. The van der Waals surface area contributed by atoms with Crippen molar-refractivity contribution in [2.24, 2.45) is 11.3 Å². The third-order valence-corrected chi connectivity index (χ3v) is 6.15. The Balaban J connectivity index is 1.53. The van der Waals surface area contributed by atoms with Crippen molar-refractivity contribution in [1.82, 2.24) is 14.9 Å². The van der Waals surface area contributed by atoms with E-state index in [-0.39, 0.29) is 12.4 Å². The van der Waals surface area contributed by atoms with Crippen LogP contribution in [0.2, 0.25) is 0 Å². The molecule has 1 spiro atoms. The fourth-order valence-corrected chi connectivity index (χ4v) is 4.42. The monoisotopic (exact) mass is 522 g/mol. The number of nitrogens with one attached hydrogen (secondary N) is 1. The van der Waals surface area contributed by atoms with E-state index in [2.05, 4.69) is 20.0 Å². The fourth-order valence-electron chi connectivity index (χ4n) is 4.42. The van der Waals surface area contributed by atoms with Crippen LogP contribution in [0.15, 0.2) is 12.3 Å². The Morgan fingerprint density at radius 2 is 1.69 bits per heavy atom. The molecule has 198 valence electrons. The molecule has 1 aromatic rings. The quantitative estimate of drug-likeness (QED) is 0.543. The summed E-state index contributed by atoms with van der Waals surface area (Å²) in [5.41, 5.74) is -2.18. The van der Waals surface area contributed by atoms with Crippen LogP contribution in [0.5, 0.6) is 0 Å². The van der Waals surface area contributed by atoms with Crippen LogP contribution in [0.25, 0.3) is 0 Å². The third kappa shape index (κ3) is 6.74. The summed E-state index contributed by atoms with van der Waals surface area (Å²) in [6.45, 7) is 2.72. The average molecular weight is 522 g/mol. The molecule has 2 fully saturated rings. The smallest absolute Gasteiger partial charge is 0.353 e. The molecule has 2 heterocycles. The summed E-state index contributed by atoms with van der Waals surface area (Å²) >= 11 is 0. The van der Waals surface area contributed by atoms with Gasteiger partial charge in [0, 0.05) is 18.7 Å². The van der Waals surface area contributed by atoms with E-state index < -0.39 is 53.3 Å². The summed E-state index contributed by atoms with van der Waals surface area (Å²) in [5.74, 6) is -2.68. The van der Waals surface area contributed by atoms with E-state index in [1.807, 2.05) is 0 Å². The first-order valence-corrected chi connectivity index (χ1v) is 10.6. The molecule has 1 saturated heterocycles. The number of hydrogen-bond acceptors (Lipinski definition) is 5. The van der Waals surface area contributed by atoms with Gasteiger partial charge in [-0.1, -0.05) is 0 Å². The van der Waals surface area contributed by atoms with Gasteiger partial charge in [-0.2, -0.15) is 39.5 Å². The van der Waals surface area contributed by atoms with Gasteiger partial charge in [0.05, 0.1) is 5.60 Å². The number of alkyl halides is 9. The van der Waals surface area contributed by atoms with Crippen molar-refractivity contribution < 1.29 is 49.0 Å². The molecule has 35 heavy (non-hydrogen) atoms. The first kappa shape index (κ1) is 27.4. The number of carbonyl (C=O) groups is 1. The molecule has 0 aromatic carbocycles. The lowest BCUT2D eigenvalue weighted by Gasteiger charge is -2.39. The van der Waals surface area contributed by atoms with Crippen molar-refractivity contribution >= 4 is 11.7 Å². The number of hydrogen-bond donors (Lipinski definition) is 1. The zero-order valence-electron chi connectivity index (χ0n) is 18.6. The lowest BCUT2D eigenvalue weighted by Crippen LogP contribution is -2.53. The number of rotatable bonds is 6. The second-order valence-electron chi connectivity index (χ2n) is 9.49. The minimum absolute atomic E-state index is 0.191. The van der Waals surface area contributed by atoms with E-state index in [9.17, 15) is 44.3 Å². The number of likely N-dealkylation sites (tertiary alicyclic amines) is 1. The van der Waals surface area contributed by atoms with Crippen LogP contribution in [-0.2, 0) is 15.7 Å². The van der Waals surface area contributed by atoms with E-state index in [0.717, 1.165) is 26.1 Å². The Kier molecular flexibility index (Phi) is 7.09. The van der Waals surface area contributed by atoms with Crippen LogP contribution in [0, 0.1) is 11.3 Å². The number of piperidine rings is 1. The molecule has 2 aliphatic rings. The average Bonchev–Trinajstić information content (AvgIpc) is 3.40. The lowest BCUT2D eigenvalue weighted by atomic mass is 9.90. The van der Waals surface area contributed by atoms with Gasteiger partial charge in [-0.3, -0.25) is 4.79 Å². The van der Waals surface area contributed by atoms with Crippen LogP contribution >= 0.6 is 0 Å². The molecule has 1 aliphatic carbocycles. The van der Waals surface area contributed by atoms with Gasteiger partial charge >= 0.3 is 18.5 Å². The summed E-state index contributed by atoms with van der Waals surface area (Å²) in [4.78, 5) is 20.6. The number of carbonyl (C=O) groups excluding carboxylic acids is 1. The van der Waals surface area contributed by atoms with Gasteiger partial charge in [0.2, 0.25) is 17.8 Å². The Morgan fingerprint density at radius 3 is 2.20 bits per heavy atom. The van der Waals surface area contributed by atoms with Gasteiger partial charge in [0.1, 0.15) is 5.82 Å². The summed E-state index contributed by atoms with van der Waals surface area (Å²) < 4.78 is 120. The summed E-state index contributed by atoms with van der Waals surface area (Å²) in [5, 5.41) is 2.35. The highest BCUT2D eigenvalue weighted by molar-refractivity contribution is 5.94. The molecular formula is C20H23F9N4O2. The number of halogens is 9. The summed E-state index contributed by atoms with van der Waals surface area (Å²) in [7, 11) is 0. The first-order valence-electron chi connectivity index (χ1n) is 10.6. The molecule has 1 saturated carbocycles. The van der Waals surface area contributed by atoms with Crippen LogP contribution in [0.4, 0.5) is 45.3 Å². The molecule has 3 rings (SSSR count). The maximum Gasteiger partial charge on any atom is 0.451 e. The zero-order valence-corrected chi connectivity index (χ0v) is 18.6. The van der Waals surface area contributed by atoms with Gasteiger partial charge in [-0.25, -0.2) is 9.97 Å². The summed E-state index contributed by atoms with van der Waals surface area (Å²) in [6.07, 6.45) is -17.7. The lowest BCUT2D eigenvalue weighted by molar-refractivity contribution is -0.342. The van der Waals surface area contributed by atoms with E-state index in [0.29, 0.717) is 32.4 Å². The number of amides is 1. The molecular weight excluding hydrogens is 499 g/mol. The molecule has 1 aliphatic heterocycles. The number of aromatic nitrogens is 2. The van der Waals surface area contributed by atoms with Gasteiger partial charge in [0.25, 0.3) is 0 Å². The SMILES string of the molecule is CC(C)(CN1CCC2(CC1)CC2C(=O)Nc1ccnc(C(F)(F)F)n1)OC(C(F)(F)F)C(F)(F)F. The Morgan fingerprint density at radius 1 is 1.11 bits per heavy atom. The molecule has 1 unspecified atom stereocenters. The normalized spacial score (nSPS) is 21.4. The van der Waals surface area contributed by atoms with Crippen molar-refractivity contribution in [3.63, 3.8) is 0 Å². The Labute approximate surface area is 194 Å². The van der Waals surface area contributed by atoms with Crippen LogP contribution < -0.4 is 5.32 Å². The second-order valence-corrected chi connectivity index (χ2v) is 9.49. The molecule has 6 nitrogen and oxygen atoms in total. The zero-order chi connectivity index (χ0) is 26.4. The van der Waals surface area contributed by atoms with E-state index in [1.165, 1.54) is 0 Å². The Bertz CT molecular complexity index is 908. The van der Waals surface area contributed by atoms with Crippen molar-refractivity contribution in [3.05, 3.63) is 18.1 Å². The molecule has 1 N–H and O–H groups in total. The summed E-state index contributed by atoms with van der Waals surface area (Å²) in [6, 6.07) is 1.13. The predicted molar refractivity (Wildman–Crippen MR) is 103 cm³/mol. The standard InChI is InChI=1S/C20H23F9N4O2/c1-16(2,35-14(18(21,22)23)19(24,25)26)10-33-7-4-17(5-8-33)9-11(17)13(34)31-12-3-6-30-15(32-12)20(27,28)29/h3,6,11,14H,4-5,7-10H2,1-2H3,(H,30,31,32,34). The maximum absolute atomic E-state index is 12.8. The van der Waals surface area contributed by atoms with Gasteiger partial charge < -0.3 is 15.0 Å². The van der Waals surface area contributed by atoms with Gasteiger partial charge in [0.15, 0.2) is 0 Å². The maximum atomic E-state index is 12.8. The molecule has 1 atom stereocenters. The van der Waals surface area contributed by atoms with Crippen LogP contribution in [-0.4, -0.2) is 64.5 Å². The number of anilines is 1. The number of nitrogens with zero attached hydrogens (tertiary/aromatic N) is 3. The highest BCUT2D eigenvalue weighted by Crippen LogP contribution is 2.59. The van der Waals surface area contributed by atoms with E-state index in [1.54, 1.807) is 4.90 Å². The fraction of sp³-hybridized carbons (Fsp3) is 0.750. The van der Waals surface area contributed by atoms with Crippen molar-refractivity contribution in [1.29, 1.82) is 0 Å². The van der Waals surface area contributed by atoms with Gasteiger partial charge in [-0.05, 0) is 57.7 Å². The predicted octanol–water partition coefficient (Wildman–Crippen LogP) is 4.82. The molecule has 15 heteroatoms. The number of ether oxygens (including phenoxy) is 1. The molecule has 1 aromatic heterocycles. The highest BCUT2D eigenvalue weighted by atomic mass is 19.4. The van der Waals surface area contributed by atoms with Crippen molar-refractivity contribution in [3.8, 4) is 0 Å². The minimum atomic E-state index is -5.61. The first-order chi connectivity index (χ1) is 15.8. The minimum Gasteiger partial charge on any atom is -0.353 e. The topological polar surface area (TPSA) is 67.4 Å². The van der Waals surface area contributed by atoms with Crippen molar-refractivity contribution in [2.75, 3.05) is 25.0 Å². The molecule has 1 amide bonds. The second kappa shape index (κ2) is 9.05. The van der Waals surface area contributed by atoms with E-state index in [4.69, 9.17) is 0 Å². The van der Waals surface area contributed by atoms with E-state index >= 15 is 0 Å². The van der Waals surface area contributed by atoms with Gasteiger partial charge in [-0.15, -0.1) is 0 Å². The third-order valence-electron chi connectivity index (χ3n) is 6.15. The molecule has 0 bridgehead atoms.